The lowest BCUT2D eigenvalue weighted by molar-refractivity contribution is 0.0633. The van der Waals surface area contributed by atoms with Crippen LogP contribution in [0.5, 0.6) is 0 Å². The Labute approximate surface area is 138 Å². The summed E-state index contributed by atoms with van der Waals surface area (Å²) in [5.74, 6) is 0. The fourth-order valence-corrected chi connectivity index (χ4v) is 3.29. The molecule has 1 saturated carbocycles. The minimum Gasteiger partial charge on any atom is -0.395 e. The second-order valence-electron chi connectivity index (χ2n) is 6.46. The predicted octanol–water partition coefficient (Wildman–Crippen LogP) is -0.594. The first-order chi connectivity index (χ1) is 11.1. The first-order valence-corrected chi connectivity index (χ1v) is 8.57. The van der Waals surface area contributed by atoms with Crippen molar-refractivity contribution in [3.8, 4) is 0 Å². The van der Waals surface area contributed by atoms with Crippen molar-refractivity contribution in [3.63, 3.8) is 0 Å². The van der Waals surface area contributed by atoms with E-state index in [1.165, 1.54) is 0 Å². The highest BCUT2D eigenvalue weighted by atomic mass is 16.5. The van der Waals surface area contributed by atoms with E-state index in [-0.39, 0.29) is 37.2 Å². The molecule has 2 amide bonds. The van der Waals surface area contributed by atoms with Crippen LogP contribution in [0.2, 0.25) is 0 Å². The zero-order valence-corrected chi connectivity index (χ0v) is 14.1. The van der Waals surface area contributed by atoms with Gasteiger partial charge in [0.15, 0.2) is 0 Å². The van der Waals surface area contributed by atoms with E-state index in [9.17, 15) is 4.79 Å². The van der Waals surface area contributed by atoms with E-state index >= 15 is 0 Å². The zero-order valence-electron chi connectivity index (χ0n) is 14.1. The molecule has 1 aliphatic carbocycles. The monoisotopic (exact) mass is 329 g/mol. The number of urea groups is 1. The standard InChI is InChI=1S/C15H31N5O3/c1-10-9-13(16-7-8-21)19-14(17-10)20-15(22)18-11-3-5-12(23-2)6-4-11/h10-14,16-17,19,21H,3-9H2,1-2H3,(H2,18,20,22). The van der Waals surface area contributed by atoms with Crippen LogP contribution in [0.1, 0.15) is 39.0 Å². The summed E-state index contributed by atoms with van der Waals surface area (Å²) in [7, 11) is 1.74. The molecule has 1 saturated heterocycles. The Morgan fingerprint density at radius 1 is 1.22 bits per heavy atom. The normalized spacial score (nSPS) is 34.8. The molecule has 0 bridgehead atoms. The minimum atomic E-state index is -0.287. The molecule has 8 heteroatoms. The van der Waals surface area contributed by atoms with Crippen LogP contribution in [-0.4, -0.2) is 62.0 Å². The fraction of sp³-hybridized carbons (Fsp3) is 0.933. The number of carbonyl (C=O) groups is 1. The number of methoxy groups -OCH3 is 1. The Balaban J connectivity index is 1.71. The average molecular weight is 329 g/mol. The van der Waals surface area contributed by atoms with E-state index in [0.29, 0.717) is 12.6 Å². The maximum Gasteiger partial charge on any atom is 0.317 e. The van der Waals surface area contributed by atoms with Gasteiger partial charge in [-0.15, -0.1) is 0 Å². The molecule has 0 spiro atoms. The van der Waals surface area contributed by atoms with Gasteiger partial charge in [0.1, 0.15) is 6.29 Å². The van der Waals surface area contributed by atoms with Crippen molar-refractivity contribution < 1.29 is 14.6 Å². The molecule has 23 heavy (non-hydrogen) atoms. The lowest BCUT2D eigenvalue weighted by atomic mass is 9.93. The van der Waals surface area contributed by atoms with E-state index in [4.69, 9.17) is 9.84 Å². The number of rotatable bonds is 6. The van der Waals surface area contributed by atoms with Crippen molar-refractivity contribution in [2.24, 2.45) is 0 Å². The smallest absolute Gasteiger partial charge is 0.317 e. The number of aliphatic hydroxyl groups excluding tert-OH is 1. The molecular weight excluding hydrogens is 298 g/mol. The van der Waals surface area contributed by atoms with E-state index in [0.717, 1.165) is 32.1 Å². The molecular formula is C15H31N5O3. The first kappa shape index (κ1) is 18.4. The van der Waals surface area contributed by atoms with Crippen LogP contribution in [0.3, 0.4) is 0 Å². The van der Waals surface area contributed by atoms with Crippen LogP contribution in [0, 0.1) is 0 Å². The highest BCUT2D eigenvalue weighted by Gasteiger charge is 2.27. The van der Waals surface area contributed by atoms with E-state index in [1.807, 2.05) is 0 Å². The third kappa shape index (κ3) is 6.23. The van der Waals surface area contributed by atoms with Gasteiger partial charge in [-0.1, -0.05) is 0 Å². The lowest BCUT2D eigenvalue weighted by Crippen LogP contribution is -2.68. The van der Waals surface area contributed by atoms with E-state index in [2.05, 4.69) is 33.5 Å². The van der Waals surface area contributed by atoms with Gasteiger partial charge in [-0.2, -0.15) is 0 Å². The highest BCUT2D eigenvalue weighted by Crippen LogP contribution is 2.20. The number of aliphatic hydroxyl groups is 1. The number of amides is 2. The van der Waals surface area contributed by atoms with Gasteiger partial charge in [-0.25, -0.2) is 4.79 Å². The van der Waals surface area contributed by atoms with Crippen molar-refractivity contribution in [1.29, 1.82) is 0 Å². The summed E-state index contributed by atoms with van der Waals surface area (Å²) in [5.41, 5.74) is 0. The van der Waals surface area contributed by atoms with Gasteiger partial charge >= 0.3 is 6.03 Å². The van der Waals surface area contributed by atoms with Crippen LogP contribution in [0.4, 0.5) is 4.79 Å². The summed E-state index contributed by atoms with van der Waals surface area (Å²) in [5, 5.41) is 24.6. The third-order valence-electron chi connectivity index (χ3n) is 4.53. The summed E-state index contributed by atoms with van der Waals surface area (Å²) in [4.78, 5) is 12.2. The quantitative estimate of drug-likeness (QED) is 0.389. The van der Waals surface area contributed by atoms with Crippen LogP contribution in [0.25, 0.3) is 0 Å². The number of carbonyl (C=O) groups excluding carboxylic acids is 1. The topological polar surface area (TPSA) is 107 Å². The van der Waals surface area contributed by atoms with E-state index in [1.54, 1.807) is 7.11 Å². The van der Waals surface area contributed by atoms with E-state index < -0.39 is 0 Å². The van der Waals surface area contributed by atoms with Gasteiger partial charge in [0.2, 0.25) is 0 Å². The van der Waals surface area contributed by atoms with Gasteiger partial charge in [-0.3, -0.25) is 16.0 Å². The molecule has 0 aromatic rings. The zero-order chi connectivity index (χ0) is 16.7. The number of hydrogen-bond acceptors (Lipinski definition) is 6. The summed E-state index contributed by atoms with van der Waals surface area (Å²) >= 11 is 0. The molecule has 1 heterocycles. The van der Waals surface area contributed by atoms with Crippen molar-refractivity contribution >= 4 is 6.03 Å². The Hall–Kier alpha value is -0.930. The Morgan fingerprint density at radius 2 is 1.96 bits per heavy atom. The SMILES string of the molecule is COC1CCC(NC(=O)NC2NC(C)CC(NCCO)N2)CC1. The average Bonchev–Trinajstić information content (AvgIpc) is 2.53. The molecule has 0 radical (unpaired) electrons. The molecule has 3 unspecified atom stereocenters. The summed E-state index contributed by atoms with van der Waals surface area (Å²) in [6, 6.07) is 0.325. The first-order valence-electron chi connectivity index (χ1n) is 8.57. The Morgan fingerprint density at radius 3 is 2.61 bits per heavy atom. The molecule has 0 aromatic heterocycles. The maximum absolute atomic E-state index is 12.2. The van der Waals surface area contributed by atoms with Crippen molar-refractivity contribution in [3.05, 3.63) is 0 Å². The number of nitrogens with one attached hydrogen (secondary N) is 5. The highest BCUT2D eigenvalue weighted by molar-refractivity contribution is 5.74. The predicted molar refractivity (Wildman–Crippen MR) is 87.7 cm³/mol. The largest absolute Gasteiger partial charge is 0.395 e. The van der Waals surface area contributed by atoms with Crippen molar-refractivity contribution in [1.82, 2.24) is 26.6 Å². The van der Waals surface area contributed by atoms with Gasteiger partial charge in [-0.05, 0) is 39.0 Å². The van der Waals surface area contributed by atoms with Crippen LogP contribution in [-0.2, 0) is 4.74 Å². The Bertz CT molecular complexity index is 363. The molecule has 2 rings (SSSR count). The second kappa shape index (κ2) is 9.39. The van der Waals surface area contributed by atoms with Gasteiger partial charge in [0.05, 0.1) is 18.9 Å². The molecule has 8 nitrogen and oxygen atoms in total. The molecule has 2 fully saturated rings. The second-order valence-corrected chi connectivity index (χ2v) is 6.46. The summed E-state index contributed by atoms with van der Waals surface area (Å²) < 4.78 is 5.35. The van der Waals surface area contributed by atoms with Crippen LogP contribution >= 0.6 is 0 Å². The molecule has 3 atom stereocenters. The minimum absolute atomic E-state index is 0.0702. The van der Waals surface area contributed by atoms with Gasteiger partial charge in [0, 0.05) is 25.7 Å². The van der Waals surface area contributed by atoms with Crippen LogP contribution < -0.4 is 26.6 Å². The van der Waals surface area contributed by atoms with Crippen LogP contribution in [0.15, 0.2) is 0 Å². The molecule has 2 aliphatic rings. The molecule has 134 valence electrons. The van der Waals surface area contributed by atoms with Gasteiger partial charge in [0.25, 0.3) is 0 Å². The number of ether oxygens (including phenoxy) is 1. The van der Waals surface area contributed by atoms with Gasteiger partial charge < -0.3 is 20.5 Å². The summed E-state index contributed by atoms with van der Waals surface area (Å²) in [6.07, 6.45) is 4.89. The lowest BCUT2D eigenvalue weighted by Gasteiger charge is -2.37. The number of hydrogen-bond donors (Lipinski definition) is 6. The van der Waals surface area contributed by atoms with Crippen molar-refractivity contribution in [2.75, 3.05) is 20.3 Å². The molecule has 6 N–H and O–H groups in total. The van der Waals surface area contributed by atoms with Crippen molar-refractivity contribution in [2.45, 2.75) is 69.7 Å². The maximum atomic E-state index is 12.2. The Kier molecular flexibility index (Phi) is 7.51. The third-order valence-corrected chi connectivity index (χ3v) is 4.53. The summed E-state index contributed by atoms with van der Waals surface area (Å²) in [6.45, 7) is 2.71. The molecule has 0 aromatic carbocycles. The molecule has 1 aliphatic heterocycles. The fourth-order valence-electron chi connectivity index (χ4n) is 3.29.